The largest absolute Gasteiger partial charge is 0.481 e. The van der Waals surface area contributed by atoms with E-state index in [0.717, 1.165) is 16.7 Å². The second kappa shape index (κ2) is 8.29. The summed E-state index contributed by atoms with van der Waals surface area (Å²) >= 11 is 0. The maximum absolute atomic E-state index is 11.6. The van der Waals surface area contributed by atoms with Crippen molar-refractivity contribution in [2.24, 2.45) is 0 Å². The van der Waals surface area contributed by atoms with Crippen LogP contribution < -0.4 is 0 Å². The molecule has 6 heteroatoms. The SMILES string of the molecule is CCOC(=O)CCc1cc(Cn2ccnc2)cc(C(C)C(=O)O)c1. The Morgan fingerprint density at radius 2 is 2.04 bits per heavy atom. The molecule has 0 fully saturated rings. The number of carbonyl (C=O) groups is 2. The highest BCUT2D eigenvalue weighted by atomic mass is 16.5. The average Bonchev–Trinajstić information content (AvgIpc) is 3.05. The van der Waals surface area contributed by atoms with E-state index < -0.39 is 11.9 Å². The Balaban J connectivity index is 2.22. The summed E-state index contributed by atoms with van der Waals surface area (Å²) in [7, 11) is 0. The fraction of sp³-hybridized carbons (Fsp3) is 0.389. The molecular formula is C18H22N2O4. The number of hydrogen-bond acceptors (Lipinski definition) is 4. The Hall–Kier alpha value is -2.63. The molecule has 0 saturated carbocycles. The summed E-state index contributed by atoms with van der Waals surface area (Å²) in [5.74, 6) is -1.72. The number of esters is 1. The molecule has 1 N–H and O–H groups in total. The quantitative estimate of drug-likeness (QED) is 0.753. The van der Waals surface area contributed by atoms with Gasteiger partial charge in [-0.05, 0) is 37.0 Å². The van der Waals surface area contributed by atoms with E-state index in [1.807, 2.05) is 29.0 Å². The van der Waals surface area contributed by atoms with Crippen LogP contribution in [0.3, 0.4) is 0 Å². The highest BCUT2D eigenvalue weighted by Gasteiger charge is 2.16. The standard InChI is InChI=1S/C18H22N2O4/c1-3-24-17(21)5-4-14-8-15(11-20-7-6-19-12-20)10-16(9-14)13(2)18(22)23/h6-10,12-13H,3-5,11H2,1-2H3,(H,22,23). The third kappa shape index (κ3) is 4.94. The molecule has 1 unspecified atom stereocenters. The summed E-state index contributed by atoms with van der Waals surface area (Å²) in [5.41, 5.74) is 2.65. The summed E-state index contributed by atoms with van der Waals surface area (Å²) in [6, 6.07) is 5.75. The Labute approximate surface area is 141 Å². The minimum Gasteiger partial charge on any atom is -0.481 e. The molecule has 128 valence electrons. The molecule has 24 heavy (non-hydrogen) atoms. The minimum absolute atomic E-state index is 0.245. The molecule has 1 heterocycles. The maximum Gasteiger partial charge on any atom is 0.310 e. The van der Waals surface area contributed by atoms with Crippen molar-refractivity contribution in [3.05, 3.63) is 53.6 Å². The van der Waals surface area contributed by atoms with Crippen molar-refractivity contribution in [1.29, 1.82) is 0 Å². The number of carboxylic acids is 1. The van der Waals surface area contributed by atoms with E-state index in [-0.39, 0.29) is 12.4 Å². The summed E-state index contributed by atoms with van der Waals surface area (Å²) < 4.78 is 6.87. The third-order valence-electron chi connectivity index (χ3n) is 3.79. The first-order valence-electron chi connectivity index (χ1n) is 7.96. The highest BCUT2D eigenvalue weighted by molar-refractivity contribution is 5.75. The van der Waals surface area contributed by atoms with Crippen LogP contribution >= 0.6 is 0 Å². The zero-order valence-electron chi connectivity index (χ0n) is 13.9. The van der Waals surface area contributed by atoms with Crippen molar-refractivity contribution >= 4 is 11.9 Å². The first-order valence-corrected chi connectivity index (χ1v) is 7.96. The van der Waals surface area contributed by atoms with Crippen molar-refractivity contribution in [1.82, 2.24) is 9.55 Å². The highest BCUT2D eigenvalue weighted by Crippen LogP contribution is 2.21. The van der Waals surface area contributed by atoms with Crippen molar-refractivity contribution < 1.29 is 19.4 Å². The summed E-state index contributed by atoms with van der Waals surface area (Å²) in [4.78, 5) is 26.9. The van der Waals surface area contributed by atoms with Gasteiger partial charge < -0.3 is 14.4 Å². The van der Waals surface area contributed by atoms with Crippen molar-refractivity contribution in [3.63, 3.8) is 0 Å². The number of rotatable bonds is 8. The molecule has 0 bridgehead atoms. The van der Waals surface area contributed by atoms with Gasteiger partial charge in [-0.1, -0.05) is 18.2 Å². The number of carbonyl (C=O) groups excluding carboxylic acids is 1. The number of nitrogens with zero attached hydrogens (tertiary/aromatic N) is 2. The van der Waals surface area contributed by atoms with Gasteiger partial charge in [0.1, 0.15) is 0 Å². The lowest BCUT2D eigenvalue weighted by Gasteiger charge is -2.13. The summed E-state index contributed by atoms with van der Waals surface area (Å²) in [6.07, 6.45) is 6.07. The van der Waals surface area contributed by atoms with Gasteiger partial charge in [0.2, 0.25) is 0 Å². The number of carboxylic acid groups (broad SMARTS) is 1. The van der Waals surface area contributed by atoms with Crippen LogP contribution in [0.1, 0.15) is 42.9 Å². The topological polar surface area (TPSA) is 81.4 Å². The first-order chi connectivity index (χ1) is 11.5. The van der Waals surface area contributed by atoms with Crippen LogP contribution in [0.15, 0.2) is 36.9 Å². The Kier molecular flexibility index (Phi) is 6.12. The van der Waals surface area contributed by atoms with Crippen LogP contribution in [0.2, 0.25) is 0 Å². The van der Waals surface area contributed by atoms with Gasteiger partial charge in [-0.15, -0.1) is 0 Å². The smallest absolute Gasteiger partial charge is 0.310 e. The van der Waals surface area contributed by atoms with Crippen molar-refractivity contribution in [2.75, 3.05) is 6.61 Å². The van der Waals surface area contributed by atoms with Crippen LogP contribution in [0.25, 0.3) is 0 Å². The molecule has 0 aliphatic rings. The number of benzene rings is 1. The molecule has 0 aliphatic carbocycles. The van der Waals surface area contributed by atoms with E-state index in [1.165, 1.54) is 0 Å². The molecule has 1 aromatic heterocycles. The van der Waals surface area contributed by atoms with Crippen molar-refractivity contribution in [3.8, 4) is 0 Å². The van der Waals surface area contributed by atoms with Gasteiger partial charge in [-0.3, -0.25) is 9.59 Å². The van der Waals surface area contributed by atoms with Crippen LogP contribution in [0.5, 0.6) is 0 Å². The van der Waals surface area contributed by atoms with E-state index in [4.69, 9.17) is 4.74 Å². The van der Waals surface area contributed by atoms with Gasteiger partial charge in [-0.2, -0.15) is 0 Å². The number of hydrogen-bond donors (Lipinski definition) is 1. The second-order valence-electron chi connectivity index (χ2n) is 5.68. The third-order valence-corrected chi connectivity index (χ3v) is 3.79. The molecule has 2 aromatic rings. The molecule has 1 aromatic carbocycles. The molecule has 6 nitrogen and oxygen atoms in total. The number of imidazole rings is 1. The average molecular weight is 330 g/mol. The van der Waals surface area contributed by atoms with Gasteiger partial charge in [0, 0.05) is 25.4 Å². The van der Waals surface area contributed by atoms with Gasteiger partial charge >= 0.3 is 11.9 Å². The lowest BCUT2D eigenvalue weighted by molar-refractivity contribution is -0.143. The zero-order valence-corrected chi connectivity index (χ0v) is 13.9. The predicted octanol–water partition coefficient (Wildman–Crippen LogP) is 2.62. The molecule has 0 amide bonds. The Morgan fingerprint density at radius 1 is 1.29 bits per heavy atom. The van der Waals surface area contributed by atoms with Crippen LogP contribution in [0.4, 0.5) is 0 Å². The van der Waals surface area contributed by atoms with E-state index in [2.05, 4.69) is 4.98 Å². The minimum atomic E-state index is -0.869. The molecule has 0 spiro atoms. The fourth-order valence-corrected chi connectivity index (χ4v) is 2.49. The summed E-state index contributed by atoms with van der Waals surface area (Å²) in [5, 5.41) is 9.27. The Morgan fingerprint density at radius 3 is 2.67 bits per heavy atom. The monoisotopic (exact) mass is 330 g/mol. The van der Waals surface area contributed by atoms with Crippen LogP contribution in [-0.2, 0) is 27.3 Å². The molecule has 2 rings (SSSR count). The van der Waals surface area contributed by atoms with Crippen molar-refractivity contribution in [2.45, 2.75) is 39.2 Å². The van der Waals surface area contributed by atoms with Gasteiger partial charge in [-0.25, -0.2) is 4.98 Å². The van der Waals surface area contributed by atoms with E-state index in [9.17, 15) is 14.7 Å². The van der Waals surface area contributed by atoms with Crippen LogP contribution in [0, 0.1) is 0 Å². The van der Waals surface area contributed by atoms with E-state index in [0.29, 0.717) is 19.6 Å². The fourth-order valence-electron chi connectivity index (χ4n) is 2.49. The van der Waals surface area contributed by atoms with Gasteiger partial charge in [0.25, 0.3) is 0 Å². The van der Waals surface area contributed by atoms with Gasteiger partial charge in [0.05, 0.1) is 18.9 Å². The maximum atomic E-state index is 11.6. The lowest BCUT2D eigenvalue weighted by Crippen LogP contribution is -2.10. The normalized spacial score (nSPS) is 11.9. The number of ether oxygens (including phenoxy) is 1. The number of aromatic nitrogens is 2. The Bertz CT molecular complexity index is 695. The molecular weight excluding hydrogens is 308 g/mol. The predicted molar refractivity (Wildman–Crippen MR) is 88.8 cm³/mol. The molecule has 0 aliphatic heterocycles. The number of aryl methyl sites for hydroxylation is 1. The molecule has 1 atom stereocenters. The second-order valence-corrected chi connectivity index (χ2v) is 5.68. The zero-order chi connectivity index (χ0) is 17.5. The lowest BCUT2D eigenvalue weighted by atomic mass is 9.94. The van der Waals surface area contributed by atoms with E-state index >= 15 is 0 Å². The van der Waals surface area contributed by atoms with Gasteiger partial charge in [0.15, 0.2) is 0 Å². The van der Waals surface area contributed by atoms with E-state index in [1.54, 1.807) is 26.4 Å². The molecule has 0 radical (unpaired) electrons. The van der Waals surface area contributed by atoms with Crippen LogP contribution in [-0.4, -0.2) is 33.2 Å². The summed E-state index contributed by atoms with van der Waals surface area (Å²) in [6.45, 7) is 4.40. The molecule has 0 saturated heterocycles. The first kappa shape index (κ1) is 17.7. The number of aliphatic carboxylic acids is 1.